The van der Waals surface area contributed by atoms with E-state index in [-0.39, 0.29) is 0 Å². The maximum atomic E-state index is 6.05. The van der Waals surface area contributed by atoms with E-state index in [1.807, 2.05) is 32.3 Å². The molecule has 0 aliphatic carbocycles. The molecule has 1 aromatic carbocycles. The summed E-state index contributed by atoms with van der Waals surface area (Å²) in [4.78, 5) is 4.63. The molecule has 4 nitrogen and oxygen atoms in total. The van der Waals surface area contributed by atoms with Crippen molar-refractivity contribution in [3.63, 3.8) is 0 Å². The Bertz CT molecular complexity index is 710. The lowest BCUT2D eigenvalue weighted by Crippen LogP contribution is -2.12. The number of nitrogens with one attached hydrogen (secondary N) is 1. The summed E-state index contributed by atoms with van der Waals surface area (Å²) in [6, 6.07) is 5.79. The minimum atomic E-state index is 0.741. The molecule has 0 fully saturated rings. The molecule has 18 heavy (non-hydrogen) atoms. The monoisotopic (exact) mass is 262 g/mol. The standard InChI is InChI=1S/C13H15ClN4/c1-15-6-5-10-8-18-12-7-9(14)3-4-11(12)16-13(18)17(10)2/h3-4,7-8,15H,5-6H2,1-2H3. The van der Waals surface area contributed by atoms with Crippen molar-refractivity contribution in [2.75, 3.05) is 13.6 Å². The van der Waals surface area contributed by atoms with Crippen LogP contribution in [0.3, 0.4) is 0 Å². The highest BCUT2D eigenvalue weighted by molar-refractivity contribution is 6.31. The zero-order valence-corrected chi connectivity index (χ0v) is 11.2. The fourth-order valence-corrected chi connectivity index (χ4v) is 2.43. The second-order valence-corrected chi connectivity index (χ2v) is 4.88. The summed E-state index contributed by atoms with van der Waals surface area (Å²) in [5.74, 6) is 0.957. The minimum Gasteiger partial charge on any atom is -0.319 e. The Balaban J connectivity index is 2.21. The van der Waals surface area contributed by atoms with Crippen LogP contribution in [0.2, 0.25) is 5.02 Å². The highest BCUT2D eigenvalue weighted by atomic mass is 35.5. The fraction of sp³-hybridized carbons (Fsp3) is 0.308. The normalized spacial score (nSPS) is 11.7. The van der Waals surface area contributed by atoms with Crippen molar-refractivity contribution < 1.29 is 0 Å². The average molecular weight is 263 g/mol. The van der Waals surface area contributed by atoms with Crippen LogP contribution < -0.4 is 5.32 Å². The molecule has 2 heterocycles. The van der Waals surface area contributed by atoms with Crippen molar-refractivity contribution in [3.8, 4) is 0 Å². The van der Waals surface area contributed by atoms with E-state index in [4.69, 9.17) is 11.6 Å². The van der Waals surface area contributed by atoms with Gasteiger partial charge in [-0.2, -0.15) is 0 Å². The number of hydrogen-bond acceptors (Lipinski definition) is 2. The van der Waals surface area contributed by atoms with Crippen LogP contribution in [0.4, 0.5) is 0 Å². The van der Waals surface area contributed by atoms with Crippen LogP contribution in [0, 0.1) is 0 Å². The molecule has 2 aromatic heterocycles. The highest BCUT2D eigenvalue weighted by Crippen LogP contribution is 2.22. The van der Waals surface area contributed by atoms with Crippen LogP contribution in [0.25, 0.3) is 16.8 Å². The number of benzene rings is 1. The van der Waals surface area contributed by atoms with E-state index in [0.717, 1.165) is 34.8 Å². The maximum Gasteiger partial charge on any atom is 0.214 e. The van der Waals surface area contributed by atoms with Gasteiger partial charge in [0.05, 0.1) is 11.0 Å². The zero-order chi connectivity index (χ0) is 12.7. The van der Waals surface area contributed by atoms with Gasteiger partial charge in [0, 0.05) is 36.9 Å². The summed E-state index contributed by atoms with van der Waals surface area (Å²) in [5.41, 5.74) is 3.29. The quantitative estimate of drug-likeness (QED) is 0.786. The van der Waals surface area contributed by atoms with Gasteiger partial charge in [-0.25, -0.2) is 4.98 Å². The number of imidazole rings is 2. The molecule has 3 rings (SSSR count). The molecule has 0 aliphatic rings. The topological polar surface area (TPSA) is 34.3 Å². The zero-order valence-electron chi connectivity index (χ0n) is 10.4. The molecule has 0 spiro atoms. The van der Waals surface area contributed by atoms with E-state index in [9.17, 15) is 0 Å². The van der Waals surface area contributed by atoms with Crippen LogP contribution in [0.5, 0.6) is 0 Å². The molecule has 1 N–H and O–H groups in total. The average Bonchev–Trinajstić information content (AvgIpc) is 2.85. The molecule has 0 bridgehead atoms. The summed E-state index contributed by atoms with van der Waals surface area (Å²) in [6.07, 6.45) is 3.12. The Morgan fingerprint density at radius 2 is 2.22 bits per heavy atom. The van der Waals surface area contributed by atoms with Gasteiger partial charge in [-0.1, -0.05) is 11.6 Å². The largest absolute Gasteiger partial charge is 0.319 e. The molecule has 0 amide bonds. The SMILES string of the molecule is CNCCc1cn2c3cc(Cl)ccc3nc2n1C. The van der Waals surface area contributed by atoms with Gasteiger partial charge < -0.3 is 9.88 Å². The maximum absolute atomic E-state index is 6.05. The van der Waals surface area contributed by atoms with Gasteiger partial charge >= 0.3 is 0 Å². The van der Waals surface area contributed by atoms with Crippen LogP contribution in [0.15, 0.2) is 24.4 Å². The van der Waals surface area contributed by atoms with Gasteiger partial charge in [0.1, 0.15) is 0 Å². The highest BCUT2D eigenvalue weighted by Gasteiger charge is 2.11. The first-order valence-corrected chi connectivity index (χ1v) is 6.35. The van der Waals surface area contributed by atoms with Gasteiger partial charge in [-0.15, -0.1) is 0 Å². The predicted octanol–water partition coefficient (Wildman–Crippen LogP) is 2.24. The second kappa shape index (κ2) is 4.30. The molecule has 3 aromatic rings. The number of aryl methyl sites for hydroxylation is 1. The Hall–Kier alpha value is -1.52. The molecular formula is C13H15ClN4. The third-order valence-electron chi connectivity index (χ3n) is 3.27. The van der Waals surface area contributed by atoms with Crippen molar-refractivity contribution >= 4 is 28.4 Å². The van der Waals surface area contributed by atoms with E-state index in [0.29, 0.717) is 0 Å². The van der Waals surface area contributed by atoms with E-state index < -0.39 is 0 Å². The third kappa shape index (κ3) is 1.69. The molecule has 0 saturated heterocycles. The van der Waals surface area contributed by atoms with Crippen LogP contribution >= 0.6 is 11.6 Å². The first kappa shape index (κ1) is 11.6. The van der Waals surface area contributed by atoms with Gasteiger partial charge in [-0.3, -0.25) is 4.40 Å². The third-order valence-corrected chi connectivity index (χ3v) is 3.51. The van der Waals surface area contributed by atoms with Crippen molar-refractivity contribution in [2.24, 2.45) is 7.05 Å². The van der Waals surface area contributed by atoms with Gasteiger partial charge in [0.2, 0.25) is 5.78 Å². The van der Waals surface area contributed by atoms with Crippen LogP contribution in [0.1, 0.15) is 5.69 Å². The second-order valence-electron chi connectivity index (χ2n) is 4.45. The summed E-state index contributed by atoms with van der Waals surface area (Å²) in [7, 11) is 4.01. The number of likely N-dealkylation sites (N-methyl/N-ethyl adjacent to an activating group) is 1. The lowest BCUT2D eigenvalue weighted by atomic mass is 10.3. The fourth-order valence-electron chi connectivity index (χ4n) is 2.27. The number of aromatic nitrogens is 3. The first-order chi connectivity index (χ1) is 8.70. The summed E-state index contributed by atoms with van der Waals surface area (Å²) >= 11 is 6.05. The van der Waals surface area contributed by atoms with Gasteiger partial charge in [0.25, 0.3) is 0 Å². The molecule has 0 unspecified atom stereocenters. The molecule has 0 saturated carbocycles. The Labute approximate surface area is 110 Å². The molecule has 5 heteroatoms. The van der Waals surface area contributed by atoms with E-state index >= 15 is 0 Å². The van der Waals surface area contributed by atoms with Crippen molar-refractivity contribution in [3.05, 3.63) is 35.1 Å². The Kier molecular flexibility index (Phi) is 2.76. The summed E-state index contributed by atoms with van der Waals surface area (Å²) in [5, 5.41) is 3.90. The first-order valence-electron chi connectivity index (χ1n) is 5.97. The minimum absolute atomic E-state index is 0.741. The van der Waals surface area contributed by atoms with Crippen molar-refractivity contribution in [2.45, 2.75) is 6.42 Å². The van der Waals surface area contributed by atoms with Crippen molar-refractivity contribution in [1.82, 2.24) is 19.3 Å². The lowest BCUT2D eigenvalue weighted by molar-refractivity contribution is 0.744. The molecule has 0 radical (unpaired) electrons. The van der Waals surface area contributed by atoms with E-state index in [1.54, 1.807) is 0 Å². The van der Waals surface area contributed by atoms with E-state index in [2.05, 4.69) is 25.5 Å². The van der Waals surface area contributed by atoms with Crippen LogP contribution in [-0.4, -0.2) is 27.5 Å². The number of hydrogen-bond donors (Lipinski definition) is 1. The number of fused-ring (bicyclic) bond motifs is 3. The Morgan fingerprint density at radius 3 is 3.00 bits per heavy atom. The summed E-state index contributed by atoms with van der Waals surface area (Å²) < 4.78 is 4.23. The predicted molar refractivity (Wildman–Crippen MR) is 74.3 cm³/mol. The van der Waals surface area contributed by atoms with E-state index in [1.165, 1.54) is 5.69 Å². The number of halogens is 1. The Morgan fingerprint density at radius 1 is 1.39 bits per heavy atom. The smallest absolute Gasteiger partial charge is 0.214 e. The van der Waals surface area contributed by atoms with Gasteiger partial charge in [-0.05, 0) is 25.2 Å². The number of rotatable bonds is 3. The van der Waals surface area contributed by atoms with Crippen molar-refractivity contribution in [1.29, 1.82) is 0 Å². The summed E-state index contributed by atoms with van der Waals surface area (Å²) in [6.45, 7) is 0.958. The van der Waals surface area contributed by atoms with Crippen LogP contribution in [-0.2, 0) is 13.5 Å². The molecular weight excluding hydrogens is 248 g/mol. The molecule has 94 valence electrons. The molecule has 0 aliphatic heterocycles. The molecule has 0 atom stereocenters. The van der Waals surface area contributed by atoms with Gasteiger partial charge in [0.15, 0.2) is 0 Å². The number of nitrogens with zero attached hydrogens (tertiary/aromatic N) is 3. The lowest BCUT2D eigenvalue weighted by Gasteiger charge is -2.00.